The number of hydrogen-bond donors (Lipinski definition) is 4. The maximum absolute atomic E-state index is 16.3. The molecule has 1 saturated carbocycles. The normalized spacial score (nSPS) is 25.0. The van der Waals surface area contributed by atoms with Crippen LogP contribution in [0.2, 0.25) is 0 Å². The summed E-state index contributed by atoms with van der Waals surface area (Å²) in [6.07, 6.45) is 3.76. The van der Waals surface area contributed by atoms with E-state index in [0.717, 1.165) is 41.7 Å². The fourth-order valence-electron chi connectivity index (χ4n) is 10.7. The Labute approximate surface area is 378 Å². The largest absolute Gasteiger partial charge is 0.491 e. The molecule has 332 valence electrons. The first-order valence-corrected chi connectivity index (χ1v) is 22.4. The fourth-order valence-corrected chi connectivity index (χ4v) is 10.7. The van der Waals surface area contributed by atoms with Gasteiger partial charge in [-0.05, 0) is 79.1 Å². The molecular formula is C53H52N4O8. The molecule has 0 aromatic heterocycles. The lowest BCUT2D eigenvalue weighted by Crippen LogP contribution is -2.55. The van der Waals surface area contributed by atoms with Crippen molar-refractivity contribution in [2.45, 2.75) is 86.7 Å². The van der Waals surface area contributed by atoms with Gasteiger partial charge in [0, 0.05) is 11.1 Å². The molecule has 3 fully saturated rings. The molecule has 2 saturated heterocycles. The first-order valence-electron chi connectivity index (χ1n) is 22.4. The maximum Gasteiger partial charge on any atom is 0.329 e. The summed E-state index contributed by atoms with van der Waals surface area (Å²) in [7, 11) is 0. The number of rotatable bonds is 9. The summed E-state index contributed by atoms with van der Waals surface area (Å²) in [5.41, 5.74) is 6.72. The molecule has 5 aromatic rings. The van der Waals surface area contributed by atoms with E-state index in [0.29, 0.717) is 35.3 Å². The average molecular weight is 873 g/mol. The second-order valence-electron chi connectivity index (χ2n) is 17.4. The predicted octanol–water partition coefficient (Wildman–Crippen LogP) is 7.12. The smallest absolute Gasteiger partial charge is 0.329 e. The Bertz CT molecular complexity index is 2640. The summed E-state index contributed by atoms with van der Waals surface area (Å²) in [6.45, 7) is 1.39. The number of aliphatic hydroxyl groups excluding tert-OH is 1. The van der Waals surface area contributed by atoms with Crippen LogP contribution in [-0.2, 0) is 24.5 Å². The molecule has 1 spiro atoms. The first-order chi connectivity index (χ1) is 31.6. The van der Waals surface area contributed by atoms with E-state index in [4.69, 9.17) is 15.2 Å². The number of nitrogens with two attached hydrogens (primary N) is 1. The van der Waals surface area contributed by atoms with Crippen LogP contribution in [-0.4, -0.2) is 63.8 Å². The number of nitrogens with one attached hydrogen (secondary N) is 1. The number of carbonyl (C=O) groups excluding carboxylic acids is 4. The zero-order valence-electron chi connectivity index (χ0n) is 36.1. The number of ether oxygens (including phenoxy) is 2. The number of nitrogens with zero attached hydrogens (tertiary/aromatic N) is 2. The Morgan fingerprint density at radius 3 is 2.14 bits per heavy atom. The molecule has 4 aliphatic rings. The Hall–Kier alpha value is -6.78. The van der Waals surface area contributed by atoms with Crippen LogP contribution in [0.4, 0.5) is 10.5 Å². The van der Waals surface area contributed by atoms with Gasteiger partial charge >= 0.3 is 12.0 Å². The number of hydrogen-bond acceptors (Lipinski definition) is 9. The van der Waals surface area contributed by atoms with Crippen molar-refractivity contribution < 1.29 is 38.9 Å². The number of fused-ring (bicyclic) bond motifs is 3. The maximum atomic E-state index is 16.3. The third-order valence-corrected chi connectivity index (χ3v) is 13.5. The molecule has 0 radical (unpaired) electrons. The van der Waals surface area contributed by atoms with E-state index in [1.54, 1.807) is 42.5 Å². The fraction of sp³-hybridized carbons (Fsp3) is 0.321. The third-order valence-electron chi connectivity index (χ3n) is 13.5. The number of amides is 4. The molecule has 12 nitrogen and oxygen atoms in total. The lowest BCUT2D eigenvalue weighted by atomic mass is 9.65. The van der Waals surface area contributed by atoms with Gasteiger partial charge in [0.25, 0.3) is 0 Å². The highest BCUT2D eigenvalue weighted by Gasteiger charge is 2.75. The summed E-state index contributed by atoms with van der Waals surface area (Å²) in [4.78, 5) is 63.9. The molecule has 3 heterocycles. The number of esters is 1. The Morgan fingerprint density at radius 2 is 1.48 bits per heavy atom. The van der Waals surface area contributed by atoms with Crippen LogP contribution in [0, 0.1) is 17.8 Å². The summed E-state index contributed by atoms with van der Waals surface area (Å²) in [6, 6.07) is 35.3. The van der Waals surface area contributed by atoms with Crippen molar-refractivity contribution in [3.8, 4) is 17.6 Å². The highest BCUT2D eigenvalue weighted by molar-refractivity contribution is 6.24. The molecule has 5 N–H and O–H groups in total. The Balaban J connectivity index is 1.33. The number of urea groups is 1. The van der Waals surface area contributed by atoms with Crippen LogP contribution in [0.15, 0.2) is 133 Å². The van der Waals surface area contributed by atoms with E-state index >= 15 is 9.59 Å². The highest BCUT2D eigenvalue weighted by atomic mass is 16.6. The topological polar surface area (TPSA) is 172 Å². The number of morpholine rings is 1. The van der Waals surface area contributed by atoms with Crippen LogP contribution in [0.5, 0.6) is 5.75 Å². The summed E-state index contributed by atoms with van der Waals surface area (Å²) in [5, 5.41) is 24.7. The van der Waals surface area contributed by atoms with Crippen LogP contribution >= 0.6 is 0 Å². The lowest BCUT2D eigenvalue weighted by Gasteiger charge is -2.46. The molecule has 1 aliphatic carbocycles. The zero-order valence-corrected chi connectivity index (χ0v) is 36.1. The monoisotopic (exact) mass is 872 g/mol. The van der Waals surface area contributed by atoms with Gasteiger partial charge in [-0.3, -0.25) is 19.3 Å². The first kappa shape index (κ1) is 43.5. The number of anilines is 1. The van der Waals surface area contributed by atoms with Crippen molar-refractivity contribution in [1.82, 2.24) is 10.2 Å². The van der Waals surface area contributed by atoms with Gasteiger partial charge in [0.05, 0.1) is 36.3 Å². The lowest BCUT2D eigenvalue weighted by molar-refractivity contribution is -0.178. The van der Waals surface area contributed by atoms with Gasteiger partial charge in [-0.25, -0.2) is 9.69 Å². The van der Waals surface area contributed by atoms with E-state index in [1.807, 2.05) is 103 Å². The average Bonchev–Trinajstić information content (AvgIpc) is 3.66. The number of cyclic esters (lactones) is 1. The van der Waals surface area contributed by atoms with Crippen LogP contribution in [0.3, 0.4) is 0 Å². The molecule has 5 aromatic carbocycles. The standard InChI is InChI=1S/C53H52N4O8/c1-34(36-17-7-4-8-18-36)55-51(62)56-41-26-25-35(27-30-52(63)28-15-2-3-16-29-52)33-40(41)53(50(56)61)43(48(54)59)45-49(60)65-46(38-21-11-6-12-22-38)44(37-19-9-5-10-20-37)57(45)47(53)39-23-13-14-24-42(39)64-32-31-58/h4-14,17-26,33-34,43-47,58,63H,2-3,15-16,28-29,31-32H2,1H3,(H2,54,59)(H,55,62). The number of para-hydroxylation sites is 1. The van der Waals surface area contributed by atoms with Crippen molar-refractivity contribution in [1.29, 1.82) is 0 Å². The molecule has 7 unspecified atom stereocenters. The van der Waals surface area contributed by atoms with E-state index in [2.05, 4.69) is 17.2 Å². The van der Waals surface area contributed by atoms with Crippen molar-refractivity contribution in [3.05, 3.63) is 167 Å². The molecule has 4 amide bonds. The van der Waals surface area contributed by atoms with Crippen LogP contribution in [0.25, 0.3) is 0 Å². The van der Waals surface area contributed by atoms with Crippen molar-refractivity contribution in [3.63, 3.8) is 0 Å². The minimum atomic E-state index is -2.09. The van der Waals surface area contributed by atoms with Crippen LogP contribution in [0.1, 0.15) is 103 Å². The molecule has 65 heavy (non-hydrogen) atoms. The van der Waals surface area contributed by atoms with Crippen LogP contribution < -0.4 is 20.7 Å². The summed E-state index contributed by atoms with van der Waals surface area (Å²) < 4.78 is 12.7. The van der Waals surface area contributed by atoms with Gasteiger partial charge in [-0.15, -0.1) is 0 Å². The molecule has 7 atom stereocenters. The van der Waals surface area contributed by atoms with Gasteiger partial charge in [0.1, 0.15) is 35.5 Å². The summed E-state index contributed by atoms with van der Waals surface area (Å²) in [5.74, 6) is 2.51. The van der Waals surface area contributed by atoms with Crippen molar-refractivity contribution in [2.75, 3.05) is 18.1 Å². The Kier molecular flexibility index (Phi) is 12.0. The second kappa shape index (κ2) is 18.0. The van der Waals surface area contributed by atoms with Crippen molar-refractivity contribution >= 4 is 29.5 Å². The molecule has 3 aliphatic heterocycles. The third kappa shape index (κ3) is 7.73. The zero-order chi connectivity index (χ0) is 45.3. The molecule has 0 bridgehead atoms. The van der Waals surface area contributed by atoms with Gasteiger partial charge in [-0.1, -0.05) is 134 Å². The quantitative estimate of drug-likeness (QED) is 0.0684. The van der Waals surface area contributed by atoms with Gasteiger partial charge < -0.3 is 30.7 Å². The Morgan fingerprint density at radius 1 is 0.846 bits per heavy atom. The molecular weight excluding hydrogens is 821 g/mol. The number of carbonyl (C=O) groups is 4. The minimum absolute atomic E-state index is 0.102. The second-order valence-corrected chi connectivity index (χ2v) is 17.4. The number of primary amides is 1. The van der Waals surface area contributed by atoms with E-state index in [9.17, 15) is 19.8 Å². The van der Waals surface area contributed by atoms with E-state index in [1.165, 1.54) is 0 Å². The van der Waals surface area contributed by atoms with Gasteiger partial charge in [-0.2, -0.15) is 0 Å². The SMILES string of the molecule is CC(NC(=O)N1C(=O)C2(c3cc(C#CC4(O)CCCCCC4)ccc31)C(C(N)=O)C1C(=O)OC(c3ccccc3)C(c3ccccc3)N1C2c1ccccc1OCCO)c1ccccc1. The van der Waals surface area contributed by atoms with Gasteiger partial charge in [0.2, 0.25) is 11.8 Å². The number of aliphatic hydroxyl groups is 2. The number of imide groups is 1. The van der Waals surface area contributed by atoms with Gasteiger partial charge in [0.15, 0.2) is 0 Å². The molecule has 9 rings (SSSR count). The summed E-state index contributed by atoms with van der Waals surface area (Å²) >= 11 is 0. The highest BCUT2D eigenvalue weighted by Crippen LogP contribution is 2.66. The van der Waals surface area contributed by atoms with Crippen molar-refractivity contribution in [2.24, 2.45) is 11.7 Å². The van der Waals surface area contributed by atoms with E-state index < -0.39 is 71.0 Å². The number of benzene rings is 5. The minimum Gasteiger partial charge on any atom is -0.491 e. The molecule has 12 heteroatoms. The van der Waals surface area contributed by atoms with E-state index in [-0.39, 0.29) is 24.5 Å². The predicted molar refractivity (Wildman–Crippen MR) is 243 cm³/mol.